The number of aliphatic hydroxyl groups is 1. The highest BCUT2D eigenvalue weighted by Crippen LogP contribution is 2.38. The molecule has 0 aliphatic rings. The van der Waals surface area contributed by atoms with Crippen molar-refractivity contribution in [1.82, 2.24) is 4.98 Å². The van der Waals surface area contributed by atoms with Gasteiger partial charge in [-0.15, -0.1) is 0 Å². The second-order valence-electron chi connectivity index (χ2n) is 9.04. The monoisotopic (exact) mass is 515 g/mol. The van der Waals surface area contributed by atoms with Crippen molar-refractivity contribution < 1.29 is 31.4 Å². The number of hydrogen-bond acceptors (Lipinski definition) is 5. The van der Waals surface area contributed by atoms with Gasteiger partial charge in [0, 0.05) is 11.6 Å². The van der Waals surface area contributed by atoms with Gasteiger partial charge in [0.1, 0.15) is 11.5 Å². The number of benzene rings is 3. The van der Waals surface area contributed by atoms with E-state index in [1.807, 2.05) is 0 Å². The van der Waals surface area contributed by atoms with Crippen molar-refractivity contribution in [2.45, 2.75) is 36.9 Å². The SMILES string of the molecule is CC(C)(O)CCS(=O)(=O)c1cccc(Oc2cccc(-c3ccnc4c(C(F)(F)F)cccc34)c2)c1. The number of ether oxygens (including phenoxy) is 1. The Morgan fingerprint density at radius 1 is 0.917 bits per heavy atom. The topological polar surface area (TPSA) is 76.5 Å². The third-order valence-electron chi connectivity index (χ3n) is 5.60. The van der Waals surface area contributed by atoms with E-state index in [0.29, 0.717) is 22.3 Å². The van der Waals surface area contributed by atoms with Crippen molar-refractivity contribution in [3.8, 4) is 22.6 Å². The van der Waals surface area contributed by atoms with Crippen LogP contribution in [-0.2, 0) is 16.0 Å². The number of rotatable bonds is 7. The van der Waals surface area contributed by atoms with Crippen molar-refractivity contribution in [3.63, 3.8) is 0 Å². The van der Waals surface area contributed by atoms with Gasteiger partial charge in [-0.2, -0.15) is 13.2 Å². The zero-order valence-electron chi connectivity index (χ0n) is 19.6. The molecule has 0 saturated carbocycles. The first-order valence-corrected chi connectivity index (χ1v) is 12.8. The van der Waals surface area contributed by atoms with Crippen molar-refractivity contribution in [2.24, 2.45) is 0 Å². The Morgan fingerprint density at radius 2 is 1.58 bits per heavy atom. The standard InChI is InChI=1S/C27H24F3NO4S/c1-26(2,32)13-15-36(33,34)21-9-4-8-20(17-21)35-19-7-3-6-18(16-19)22-12-14-31-25-23(22)10-5-11-24(25)27(28,29)30/h3-12,14,16-17,32H,13,15H2,1-2H3. The smallest absolute Gasteiger partial charge is 0.418 e. The third-order valence-corrected chi connectivity index (χ3v) is 7.32. The van der Waals surface area contributed by atoms with E-state index >= 15 is 0 Å². The van der Waals surface area contributed by atoms with E-state index in [9.17, 15) is 26.7 Å². The molecule has 0 unspecified atom stereocenters. The van der Waals surface area contributed by atoms with Crippen LogP contribution < -0.4 is 4.74 Å². The van der Waals surface area contributed by atoms with Gasteiger partial charge in [-0.1, -0.05) is 30.3 Å². The Hall–Kier alpha value is -3.43. The van der Waals surface area contributed by atoms with Crippen LogP contribution in [0.1, 0.15) is 25.8 Å². The lowest BCUT2D eigenvalue weighted by Gasteiger charge is -2.17. The van der Waals surface area contributed by atoms with E-state index < -0.39 is 27.2 Å². The molecule has 4 aromatic rings. The van der Waals surface area contributed by atoms with Crippen LogP contribution in [0.2, 0.25) is 0 Å². The van der Waals surface area contributed by atoms with Gasteiger partial charge in [0.25, 0.3) is 0 Å². The summed E-state index contributed by atoms with van der Waals surface area (Å²) >= 11 is 0. The summed E-state index contributed by atoms with van der Waals surface area (Å²) in [6, 6.07) is 18.4. The second-order valence-corrected chi connectivity index (χ2v) is 11.2. The number of alkyl halides is 3. The molecule has 0 aliphatic heterocycles. The Morgan fingerprint density at radius 3 is 2.28 bits per heavy atom. The molecule has 188 valence electrons. The van der Waals surface area contributed by atoms with Gasteiger partial charge in [-0.05, 0) is 73.9 Å². The maximum atomic E-state index is 13.5. The van der Waals surface area contributed by atoms with Gasteiger partial charge in [0.15, 0.2) is 9.84 Å². The Balaban J connectivity index is 1.65. The molecule has 0 bridgehead atoms. The maximum absolute atomic E-state index is 13.5. The van der Waals surface area contributed by atoms with Crippen molar-refractivity contribution in [1.29, 1.82) is 0 Å². The zero-order chi connectivity index (χ0) is 26.1. The molecule has 0 saturated heterocycles. The lowest BCUT2D eigenvalue weighted by atomic mass is 9.99. The van der Waals surface area contributed by atoms with Crippen LogP contribution in [0.4, 0.5) is 13.2 Å². The Bertz CT molecular complexity index is 1510. The van der Waals surface area contributed by atoms with Crippen molar-refractivity contribution >= 4 is 20.7 Å². The van der Waals surface area contributed by atoms with Crippen LogP contribution in [0.5, 0.6) is 11.5 Å². The molecular formula is C27H24F3NO4S. The van der Waals surface area contributed by atoms with Crippen LogP contribution in [0.15, 0.2) is 83.9 Å². The van der Waals surface area contributed by atoms with Gasteiger partial charge in [-0.3, -0.25) is 4.98 Å². The number of hydrogen-bond donors (Lipinski definition) is 1. The number of para-hydroxylation sites is 1. The number of fused-ring (bicyclic) bond motifs is 1. The van der Waals surface area contributed by atoms with Gasteiger partial charge in [-0.25, -0.2) is 8.42 Å². The molecule has 0 aliphatic carbocycles. The van der Waals surface area contributed by atoms with E-state index in [1.54, 1.807) is 62.4 Å². The summed E-state index contributed by atoms with van der Waals surface area (Å²) in [5, 5.41) is 10.2. The van der Waals surface area contributed by atoms with Crippen LogP contribution in [0.25, 0.3) is 22.0 Å². The van der Waals surface area contributed by atoms with Crippen LogP contribution in [-0.4, -0.2) is 29.9 Å². The molecule has 4 rings (SSSR count). The normalized spacial score (nSPS) is 12.6. The maximum Gasteiger partial charge on any atom is 0.418 e. The first-order valence-electron chi connectivity index (χ1n) is 11.1. The van der Waals surface area contributed by atoms with Gasteiger partial charge >= 0.3 is 6.18 Å². The van der Waals surface area contributed by atoms with Gasteiger partial charge in [0.2, 0.25) is 0 Å². The first-order chi connectivity index (χ1) is 16.8. The average Bonchev–Trinajstić information content (AvgIpc) is 2.81. The predicted molar refractivity (Wildman–Crippen MR) is 132 cm³/mol. The van der Waals surface area contributed by atoms with Crippen LogP contribution in [0, 0.1) is 0 Å². The second kappa shape index (κ2) is 9.55. The molecule has 1 heterocycles. The highest BCUT2D eigenvalue weighted by atomic mass is 32.2. The molecule has 36 heavy (non-hydrogen) atoms. The predicted octanol–water partition coefficient (Wildman–Crippen LogP) is 6.65. The minimum Gasteiger partial charge on any atom is -0.457 e. The molecule has 0 spiro atoms. The van der Waals surface area contributed by atoms with Crippen LogP contribution >= 0.6 is 0 Å². The van der Waals surface area contributed by atoms with Gasteiger partial charge < -0.3 is 9.84 Å². The summed E-state index contributed by atoms with van der Waals surface area (Å²) in [6.45, 7) is 3.09. The number of halogens is 3. The summed E-state index contributed by atoms with van der Waals surface area (Å²) in [7, 11) is -3.64. The van der Waals surface area contributed by atoms with E-state index in [2.05, 4.69) is 4.98 Å². The molecule has 5 nitrogen and oxygen atoms in total. The van der Waals surface area contributed by atoms with Gasteiger partial charge in [0.05, 0.1) is 27.3 Å². The van der Waals surface area contributed by atoms with Crippen LogP contribution in [0.3, 0.4) is 0 Å². The quantitative estimate of drug-likeness (QED) is 0.298. The van der Waals surface area contributed by atoms with E-state index in [-0.39, 0.29) is 28.3 Å². The molecule has 1 N–H and O–H groups in total. The molecule has 3 aromatic carbocycles. The van der Waals surface area contributed by atoms with Crippen molar-refractivity contribution in [3.05, 3.63) is 84.6 Å². The lowest BCUT2D eigenvalue weighted by molar-refractivity contribution is -0.136. The summed E-state index contributed by atoms with van der Waals surface area (Å²) < 4.78 is 71.7. The van der Waals surface area contributed by atoms with E-state index in [1.165, 1.54) is 24.4 Å². The Labute approximate surface area is 207 Å². The fourth-order valence-electron chi connectivity index (χ4n) is 3.75. The number of aromatic nitrogens is 1. The zero-order valence-corrected chi connectivity index (χ0v) is 20.4. The summed E-state index contributed by atoms with van der Waals surface area (Å²) in [5.74, 6) is 0.454. The molecular weight excluding hydrogens is 491 g/mol. The molecule has 1 aromatic heterocycles. The fourth-order valence-corrected chi connectivity index (χ4v) is 5.34. The fraction of sp³-hybridized carbons (Fsp3) is 0.222. The summed E-state index contributed by atoms with van der Waals surface area (Å²) in [5.41, 5.74) is -0.887. The highest BCUT2D eigenvalue weighted by Gasteiger charge is 2.33. The highest BCUT2D eigenvalue weighted by molar-refractivity contribution is 7.91. The van der Waals surface area contributed by atoms with Crippen molar-refractivity contribution in [2.75, 3.05) is 5.75 Å². The first kappa shape index (κ1) is 25.7. The summed E-state index contributed by atoms with van der Waals surface area (Å²) in [6.07, 6.45) is -3.12. The largest absolute Gasteiger partial charge is 0.457 e. The summed E-state index contributed by atoms with van der Waals surface area (Å²) in [4.78, 5) is 4.03. The Kier molecular flexibility index (Phi) is 6.81. The number of pyridine rings is 1. The minimum absolute atomic E-state index is 0.0696. The molecule has 0 fully saturated rings. The molecule has 0 radical (unpaired) electrons. The lowest BCUT2D eigenvalue weighted by Crippen LogP contribution is -2.23. The average molecular weight is 516 g/mol. The molecule has 9 heteroatoms. The van der Waals surface area contributed by atoms with E-state index in [4.69, 9.17) is 4.74 Å². The number of nitrogens with zero attached hydrogens (tertiary/aromatic N) is 1. The number of sulfone groups is 1. The molecule has 0 amide bonds. The van der Waals surface area contributed by atoms with E-state index in [0.717, 1.165) is 6.07 Å². The molecule has 0 atom stereocenters. The minimum atomic E-state index is -4.53. The third kappa shape index (κ3) is 5.85.